The third-order valence-corrected chi connectivity index (χ3v) is 8.61. The third-order valence-electron chi connectivity index (χ3n) is 8.61. The summed E-state index contributed by atoms with van der Waals surface area (Å²) in [6, 6.07) is 18.4. The number of para-hydroxylation sites is 1. The SMILES string of the molecule is CCCOC(=O)c1ccc(N2C(=O)N(CC3CCN(c4ncnc5cc(OC)c(OC)cc45)CC3)Cc3ccccc32)cc1C#N. The van der Waals surface area contributed by atoms with E-state index in [0.29, 0.717) is 42.6 Å². The number of carbonyl (C=O) groups is 2. The molecule has 2 aliphatic rings. The summed E-state index contributed by atoms with van der Waals surface area (Å²) in [7, 11) is 3.22. The fraction of sp³-hybridized carbons (Fsp3) is 0.343. The van der Waals surface area contributed by atoms with Gasteiger partial charge in [-0.15, -0.1) is 0 Å². The van der Waals surface area contributed by atoms with E-state index in [1.807, 2.05) is 48.2 Å². The van der Waals surface area contributed by atoms with Crippen LogP contribution in [0, 0.1) is 17.2 Å². The average molecular weight is 621 g/mol. The van der Waals surface area contributed by atoms with Crippen LogP contribution < -0.4 is 19.3 Å². The van der Waals surface area contributed by atoms with Crippen LogP contribution in [-0.4, -0.2) is 67.3 Å². The lowest BCUT2D eigenvalue weighted by Gasteiger charge is -2.40. The number of amides is 2. The molecule has 0 N–H and O–H groups in total. The van der Waals surface area contributed by atoms with Gasteiger partial charge in [0.15, 0.2) is 11.5 Å². The molecule has 1 saturated heterocycles. The molecule has 11 nitrogen and oxygen atoms in total. The Hall–Kier alpha value is -5.37. The first-order chi connectivity index (χ1) is 22.4. The summed E-state index contributed by atoms with van der Waals surface area (Å²) < 4.78 is 16.2. The summed E-state index contributed by atoms with van der Waals surface area (Å²) in [6.45, 7) is 4.85. The molecule has 3 aromatic carbocycles. The minimum absolute atomic E-state index is 0.158. The molecule has 0 radical (unpaired) electrons. The van der Waals surface area contributed by atoms with Gasteiger partial charge in [0.1, 0.15) is 18.2 Å². The molecule has 0 aliphatic carbocycles. The second-order valence-corrected chi connectivity index (χ2v) is 11.5. The number of piperidine rings is 1. The van der Waals surface area contributed by atoms with Crippen LogP contribution in [0.3, 0.4) is 0 Å². The van der Waals surface area contributed by atoms with Gasteiger partial charge in [0.05, 0.1) is 48.8 Å². The molecule has 236 valence electrons. The van der Waals surface area contributed by atoms with Crippen molar-refractivity contribution in [2.75, 3.05) is 50.3 Å². The van der Waals surface area contributed by atoms with Crippen molar-refractivity contribution in [3.05, 3.63) is 77.6 Å². The van der Waals surface area contributed by atoms with Gasteiger partial charge in [-0.2, -0.15) is 5.26 Å². The number of esters is 1. The zero-order valence-electron chi connectivity index (χ0n) is 26.2. The minimum atomic E-state index is -0.544. The average Bonchev–Trinajstić information content (AvgIpc) is 3.10. The van der Waals surface area contributed by atoms with Crippen LogP contribution in [0.25, 0.3) is 10.9 Å². The quantitative estimate of drug-likeness (QED) is 0.205. The highest BCUT2D eigenvalue weighted by molar-refractivity contribution is 6.03. The van der Waals surface area contributed by atoms with E-state index in [1.54, 1.807) is 43.6 Å². The van der Waals surface area contributed by atoms with Gasteiger partial charge in [-0.05, 0) is 61.1 Å². The largest absolute Gasteiger partial charge is 0.493 e. The number of urea groups is 1. The molecule has 46 heavy (non-hydrogen) atoms. The van der Waals surface area contributed by atoms with E-state index in [9.17, 15) is 14.9 Å². The fourth-order valence-electron chi connectivity index (χ4n) is 6.25. The number of hydrogen-bond acceptors (Lipinski definition) is 9. The number of aromatic nitrogens is 2. The van der Waals surface area contributed by atoms with Crippen LogP contribution in [0.5, 0.6) is 11.5 Å². The number of hydrogen-bond donors (Lipinski definition) is 0. The zero-order chi connectivity index (χ0) is 32.2. The van der Waals surface area contributed by atoms with Gasteiger partial charge < -0.3 is 24.0 Å². The first-order valence-corrected chi connectivity index (χ1v) is 15.5. The molecular formula is C35H36N6O5. The monoisotopic (exact) mass is 620 g/mol. The lowest BCUT2D eigenvalue weighted by molar-refractivity contribution is 0.0504. The Morgan fingerprint density at radius 3 is 2.52 bits per heavy atom. The van der Waals surface area contributed by atoms with Gasteiger partial charge in [-0.25, -0.2) is 19.6 Å². The van der Waals surface area contributed by atoms with E-state index in [1.165, 1.54) is 0 Å². The Kier molecular flexibility index (Phi) is 8.88. The number of anilines is 3. The highest BCUT2D eigenvalue weighted by Crippen LogP contribution is 2.38. The van der Waals surface area contributed by atoms with Crippen molar-refractivity contribution in [2.24, 2.45) is 5.92 Å². The van der Waals surface area contributed by atoms with Gasteiger partial charge in [-0.1, -0.05) is 25.1 Å². The van der Waals surface area contributed by atoms with E-state index in [-0.39, 0.29) is 23.8 Å². The fourth-order valence-corrected chi connectivity index (χ4v) is 6.25. The first kappa shape index (κ1) is 30.6. The predicted molar refractivity (Wildman–Crippen MR) is 174 cm³/mol. The molecule has 2 aliphatic heterocycles. The van der Waals surface area contributed by atoms with Crippen LogP contribution in [0.1, 0.15) is 47.7 Å². The lowest BCUT2D eigenvalue weighted by atomic mass is 9.95. The van der Waals surface area contributed by atoms with Crippen molar-refractivity contribution in [3.63, 3.8) is 0 Å². The van der Waals surface area contributed by atoms with Gasteiger partial charge in [0.25, 0.3) is 0 Å². The van der Waals surface area contributed by atoms with Crippen molar-refractivity contribution in [1.82, 2.24) is 14.9 Å². The molecule has 0 saturated carbocycles. The van der Waals surface area contributed by atoms with Crippen molar-refractivity contribution in [1.29, 1.82) is 5.26 Å². The molecule has 1 aromatic heterocycles. The topological polar surface area (TPSA) is 121 Å². The van der Waals surface area contributed by atoms with E-state index in [0.717, 1.165) is 53.9 Å². The highest BCUT2D eigenvalue weighted by Gasteiger charge is 2.34. The maximum atomic E-state index is 14.1. The number of carbonyl (C=O) groups excluding carboxylic acids is 2. The van der Waals surface area contributed by atoms with Crippen molar-refractivity contribution < 1.29 is 23.8 Å². The summed E-state index contributed by atoms with van der Waals surface area (Å²) >= 11 is 0. The number of rotatable bonds is 9. The van der Waals surface area contributed by atoms with Gasteiger partial charge in [0.2, 0.25) is 0 Å². The van der Waals surface area contributed by atoms with Crippen molar-refractivity contribution in [2.45, 2.75) is 32.7 Å². The van der Waals surface area contributed by atoms with E-state index in [4.69, 9.17) is 14.2 Å². The van der Waals surface area contributed by atoms with E-state index >= 15 is 0 Å². The van der Waals surface area contributed by atoms with Crippen molar-refractivity contribution >= 4 is 40.1 Å². The van der Waals surface area contributed by atoms with Crippen LogP contribution in [0.4, 0.5) is 22.0 Å². The Bertz CT molecular complexity index is 1810. The molecule has 0 atom stereocenters. The molecular weight excluding hydrogens is 584 g/mol. The molecule has 0 unspecified atom stereocenters. The highest BCUT2D eigenvalue weighted by atomic mass is 16.5. The number of ether oxygens (including phenoxy) is 3. The Balaban J connectivity index is 1.20. The van der Waals surface area contributed by atoms with Crippen LogP contribution in [-0.2, 0) is 11.3 Å². The molecule has 0 bridgehead atoms. The van der Waals surface area contributed by atoms with Gasteiger partial charge >= 0.3 is 12.0 Å². The summed E-state index contributed by atoms with van der Waals surface area (Å²) in [5, 5.41) is 10.8. The lowest BCUT2D eigenvalue weighted by Crippen LogP contribution is -2.48. The predicted octanol–water partition coefficient (Wildman–Crippen LogP) is 6.08. The number of benzene rings is 3. The van der Waals surface area contributed by atoms with Crippen LogP contribution >= 0.6 is 0 Å². The molecule has 11 heteroatoms. The number of methoxy groups -OCH3 is 2. The minimum Gasteiger partial charge on any atom is -0.493 e. The molecule has 6 rings (SSSR count). The Labute approximate surface area is 267 Å². The summed E-state index contributed by atoms with van der Waals surface area (Å²) in [6.07, 6.45) is 4.03. The first-order valence-electron chi connectivity index (χ1n) is 15.5. The molecule has 0 spiro atoms. The molecule has 2 amide bonds. The maximum Gasteiger partial charge on any atom is 0.339 e. The van der Waals surface area contributed by atoms with Crippen molar-refractivity contribution in [3.8, 4) is 17.6 Å². The second kappa shape index (κ2) is 13.3. The standard InChI is InChI=1S/C35H36N6O5/c1-4-15-46-34(42)27-10-9-26(16-25(27)19-36)41-30-8-6-5-7-24(30)21-40(35(41)43)20-23-11-13-39(14-12-23)33-28-17-31(44-2)32(45-3)18-29(28)37-22-38-33/h5-10,16-18,22-23H,4,11-15,20-21H2,1-3H3. The van der Waals surface area contributed by atoms with Crippen LogP contribution in [0.2, 0.25) is 0 Å². The second-order valence-electron chi connectivity index (χ2n) is 11.5. The zero-order valence-corrected chi connectivity index (χ0v) is 26.2. The Morgan fingerprint density at radius 1 is 1.02 bits per heavy atom. The van der Waals surface area contributed by atoms with E-state index in [2.05, 4.69) is 20.9 Å². The van der Waals surface area contributed by atoms with Gasteiger partial charge in [-0.3, -0.25) is 4.90 Å². The smallest absolute Gasteiger partial charge is 0.339 e. The molecule has 4 aromatic rings. The maximum absolute atomic E-state index is 14.1. The van der Waals surface area contributed by atoms with Crippen LogP contribution in [0.15, 0.2) is 60.9 Å². The molecule has 3 heterocycles. The third kappa shape index (κ3) is 5.86. The summed E-state index contributed by atoms with van der Waals surface area (Å²) in [5.41, 5.74) is 3.46. The van der Waals surface area contributed by atoms with E-state index < -0.39 is 5.97 Å². The number of nitriles is 1. The van der Waals surface area contributed by atoms with Gasteiger partial charge in [0, 0.05) is 37.6 Å². The summed E-state index contributed by atoms with van der Waals surface area (Å²) in [5.74, 6) is 1.85. The molecule has 1 fully saturated rings. The Morgan fingerprint density at radius 2 is 1.78 bits per heavy atom. The normalized spacial score (nSPS) is 15.0. The number of nitrogens with zero attached hydrogens (tertiary/aromatic N) is 6. The number of fused-ring (bicyclic) bond motifs is 2. The summed E-state index contributed by atoms with van der Waals surface area (Å²) in [4.78, 5) is 41.5.